The molecule has 0 saturated carbocycles. The molecule has 0 aliphatic rings. The zero-order valence-corrected chi connectivity index (χ0v) is 12.3. The largest absolute Gasteiger partial charge is 0.494 e. The highest BCUT2D eigenvalue weighted by Crippen LogP contribution is 2.17. The third kappa shape index (κ3) is 6.70. The van der Waals surface area contributed by atoms with Gasteiger partial charge in [-0.05, 0) is 63.3 Å². The third-order valence-corrected chi connectivity index (χ3v) is 3.16. The van der Waals surface area contributed by atoms with Crippen molar-refractivity contribution in [3.05, 3.63) is 40.9 Å². The van der Waals surface area contributed by atoms with Crippen molar-refractivity contribution in [2.45, 2.75) is 40.0 Å². The Kier molecular flexibility index (Phi) is 6.89. The highest BCUT2D eigenvalue weighted by molar-refractivity contribution is 6.30. The second-order valence-electron chi connectivity index (χ2n) is 5.06. The van der Waals surface area contributed by atoms with Gasteiger partial charge in [-0.1, -0.05) is 30.2 Å². The minimum absolute atomic E-state index is 0.702. The van der Waals surface area contributed by atoms with E-state index in [4.69, 9.17) is 16.3 Å². The predicted octanol–water partition coefficient (Wildman–Crippen LogP) is 5.49. The van der Waals surface area contributed by atoms with E-state index in [-0.39, 0.29) is 0 Å². The zero-order valence-electron chi connectivity index (χ0n) is 11.6. The molecule has 1 atom stereocenters. The Hall–Kier alpha value is -0.950. The van der Waals surface area contributed by atoms with E-state index in [1.165, 1.54) is 18.4 Å². The highest BCUT2D eigenvalue weighted by Gasteiger charge is 2.02. The highest BCUT2D eigenvalue weighted by atomic mass is 35.5. The maximum Gasteiger partial charge on any atom is 0.119 e. The average molecular weight is 267 g/mol. The molecule has 1 rings (SSSR count). The van der Waals surface area contributed by atoms with Gasteiger partial charge in [-0.15, -0.1) is 0 Å². The maximum absolute atomic E-state index is 5.82. The molecule has 0 aliphatic heterocycles. The van der Waals surface area contributed by atoms with Crippen LogP contribution in [-0.2, 0) is 0 Å². The summed E-state index contributed by atoms with van der Waals surface area (Å²) in [5, 5.41) is 0.748. The Bertz CT molecular complexity index is 363. The van der Waals surface area contributed by atoms with Crippen LogP contribution in [0.3, 0.4) is 0 Å². The average Bonchev–Trinajstić information content (AvgIpc) is 2.31. The van der Waals surface area contributed by atoms with Crippen LogP contribution in [0.15, 0.2) is 35.9 Å². The van der Waals surface area contributed by atoms with E-state index in [1.807, 2.05) is 24.3 Å². The van der Waals surface area contributed by atoms with E-state index in [1.54, 1.807) is 0 Å². The summed E-state index contributed by atoms with van der Waals surface area (Å²) in [6, 6.07) is 7.54. The maximum atomic E-state index is 5.82. The summed E-state index contributed by atoms with van der Waals surface area (Å²) in [6.45, 7) is 7.35. The Balaban J connectivity index is 2.17. The number of halogens is 1. The standard InChI is InChI=1S/C16H23ClO/c1-13(2)5-4-6-14(3)11-12-18-16-9-7-15(17)8-10-16/h5,7-10,14H,4,6,11-12H2,1-3H3. The first-order chi connectivity index (χ1) is 8.58. The summed E-state index contributed by atoms with van der Waals surface area (Å²) in [7, 11) is 0. The van der Waals surface area contributed by atoms with Gasteiger partial charge in [0.25, 0.3) is 0 Å². The van der Waals surface area contributed by atoms with Crippen molar-refractivity contribution < 1.29 is 4.74 Å². The molecule has 0 saturated heterocycles. The smallest absolute Gasteiger partial charge is 0.119 e. The van der Waals surface area contributed by atoms with Crippen LogP contribution in [0.4, 0.5) is 0 Å². The van der Waals surface area contributed by atoms with E-state index in [9.17, 15) is 0 Å². The molecule has 0 aromatic heterocycles. The first-order valence-electron chi connectivity index (χ1n) is 6.59. The van der Waals surface area contributed by atoms with Crippen molar-refractivity contribution in [3.8, 4) is 5.75 Å². The lowest BCUT2D eigenvalue weighted by atomic mass is 10.0. The molecule has 1 aromatic rings. The quantitative estimate of drug-likeness (QED) is 0.593. The van der Waals surface area contributed by atoms with Gasteiger partial charge in [-0.25, -0.2) is 0 Å². The molecule has 0 N–H and O–H groups in total. The van der Waals surface area contributed by atoms with E-state index in [2.05, 4.69) is 26.8 Å². The lowest BCUT2D eigenvalue weighted by Crippen LogP contribution is -2.04. The van der Waals surface area contributed by atoms with E-state index >= 15 is 0 Å². The summed E-state index contributed by atoms with van der Waals surface area (Å²) in [5.74, 6) is 1.60. The van der Waals surface area contributed by atoms with Crippen molar-refractivity contribution >= 4 is 11.6 Å². The Morgan fingerprint density at radius 1 is 1.22 bits per heavy atom. The van der Waals surface area contributed by atoms with Gasteiger partial charge in [0.15, 0.2) is 0 Å². The normalized spacial score (nSPS) is 12.0. The van der Waals surface area contributed by atoms with Gasteiger partial charge in [0.2, 0.25) is 0 Å². The van der Waals surface area contributed by atoms with Crippen molar-refractivity contribution in [2.24, 2.45) is 5.92 Å². The van der Waals surface area contributed by atoms with Crippen molar-refractivity contribution in [1.29, 1.82) is 0 Å². The Labute approximate surface area is 116 Å². The molecular formula is C16H23ClO. The van der Waals surface area contributed by atoms with Crippen LogP contribution in [-0.4, -0.2) is 6.61 Å². The fourth-order valence-corrected chi connectivity index (χ4v) is 1.84. The predicted molar refractivity (Wildman–Crippen MR) is 79.4 cm³/mol. The number of allylic oxidation sites excluding steroid dienone is 2. The number of hydrogen-bond donors (Lipinski definition) is 0. The lowest BCUT2D eigenvalue weighted by molar-refractivity contribution is 0.279. The molecule has 1 aromatic carbocycles. The second kappa shape index (κ2) is 8.20. The molecule has 0 aliphatic carbocycles. The first-order valence-corrected chi connectivity index (χ1v) is 6.97. The van der Waals surface area contributed by atoms with Crippen molar-refractivity contribution in [2.75, 3.05) is 6.61 Å². The molecule has 18 heavy (non-hydrogen) atoms. The number of benzene rings is 1. The van der Waals surface area contributed by atoms with E-state index in [0.717, 1.165) is 23.8 Å². The van der Waals surface area contributed by atoms with Gasteiger partial charge >= 0.3 is 0 Å². The lowest BCUT2D eigenvalue weighted by Gasteiger charge is -2.11. The summed E-state index contributed by atoms with van der Waals surface area (Å²) in [4.78, 5) is 0. The van der Waals surface area contributed by atoms with Crippen LogP contribution in [0.1, 0.15) is 40.0 Å². The van der Waals surface area contributed by atoms with Crippen LogP contribution in [0.25, 0.3) is 0 Å². The summed E-state index contributed by atoms with van der Waals surface area (Å²) in [6.07, 6.45) is 5.80. The molecule has 0 heterocycles. The van der Waals surface area contributed by atoms with Crippen LogP contribution >= 0.6 is 11.6 Å². The SMILES string of the molecule is CC(C)=CCCC(C)CCOc1ccc(Cl)cc1. The number of hydrogen-bond acceptors (Lipinski definition) is 1. The number of ether oxygens (including phenoxy) is 1. The summed E-state index contributed by atoms with van der Waals surface area (Å²) >= 11 is 5.82. The van der Waals surface area contributed by atoms with Crippen molar-refractivity contribution in [1.82, 2.24) is 0 Å². The van der Waals surface area contributed by atoms with E-state index in [0.29, 0.717) is 5.92 Å². The first kappa shape index (κ1) is 15.1. The van der Waals surface area contributed by atoms with Crippen molar-refractivity contribution in [3.63, 3.8) is 0 Å². The van der Waals surface area contributed by atoms with Gasteiger partial charge in [0.1, 0.15) is 5.75 Å². The minimum Gasteiger partial charge on any atom is -0.494 e. The molecule has 100 valence electrons. The Morgan fingerprint density at radius 2 is 1.89 bits per heavy atom. The third-order valence-electron chi connectivity index (χ3n) is 2.91. The molecular weight excluding hydrogens is 244 g/mol. The monoisotopic (exact) mass is 266 g/mol. The Morgan fingerprint density at radius 3 is 2.50 bits per heavy atom. The van der Waals surface area contributed by atoms with Crippen LogP contribution in [0.2, 0.25) is 5.02 Å². The molecule has 0 bridgehead atoms. The second-order valence-corrected chi connectivity index (χ2v) is 5.49. The van der Waals surface area contributed by atoms with Gasteiger partial charge in [-0.3, -0.25) is 0 Å². The van der Waals surface area contributed by atoms with Crippen LogP contribution in [0, 0.1) is 5.92 Å². The molecule has 0 amide bonds. The zero-order chi connectivity index (χ0) is 13.4. The van der Waals surface area contributed by atoms with Crippen LogP contribution < -0.4 is 4.74 Å². The fourth-order valence-electron chi connectivity index (χ4n) is 1.71. The molecule has 1 nitrogen and oxygen atoms in total. The molecule has 1 unspecified atom stereocenters. The molecule has 0 fully saturated rings. The van der Waals surface area contributed by atoms with Crippen LogP contribution in [0.5, 0.6) is 5.75 Å². The summed E-state index contributed by atoms with van der Waals surface area (Å²) in [5.41, 5.74) is 1.40. The van der Waals surface area contributed by atoms with Gasteiger partial charge in [0.05, 0.1) is 6.61 Å². The molecule has 0 radical (unpaired) electrons. The summed E-state index contributed by atoms with van der Waals surface area (Å²) < 4.78 is 5.69. The van der Waals surface area contributed by atoms with Gasteiger partial charge < -0.3 is 4.74 Å². The fraction of sp³-hybridized carbons (Fsp3) is 0.500. The minimum atomic E-state index is 0.702. The van der Waals surface area contributed by atoms with E-state index < -0.39 is 0 Å². The molecule has 2 heteroatoms. The van der Waals surface area contributed by atoms with Gasteiger partial charge in [-0.2, -0.15) is 0 Å². The number of rotatable bonds is 7. The van der Waals surface area contributed by atoms with Gasteiger partial charge in [0, 0.05) is 5.02 Å². The molecule has 0 spiro atoms. The topological polar surface area (TPSA) is 9.23 Å².